The first-order valence-electron chi connectivity index (χ1n) is 10.1. The number of rotatable bonds is 7. The molecular weight excluding hydrogens is 423 g/mol. The molecule has 3 aromatic heterocycles. The lowest BCUT2D eigenvalue weighted by Gasteiger charge is -2.28. The second kappa shape index (κ2) is 8.39. The van der Waals surface area contributed by atoms with E-state index in [4.69, 9.17) is 11.6 Å². The van der Waals surface area contributed by atoms with Gasteiger partial charge in [-0.2, -0.15) is 5.10 Å². The predicted octanol–water partition coefficient (Wildman–Crippen LogP) is 3.25. The van der Waals surface area contributed by atoms with E-state index in [0.717, 1.165) is 19.3 Å². The van der Waals surface area contributed by atoms with Crippen molar-refractivity contribution in [3.8, 4) is 11.4 Å². The molecule has 10 heteroatoms. The maximum absolute atomic E-state index is 14.1. The number of aliphatic hydroxyl groups is 1. The van der Waals surface area contributed by atoms with E-state index in [1.54, 1.807) is 22.8 Å². The summed E-state index contributed by atoms with van der Waals surface area (Å²) in [6, 6.07) is 3.74. The zero-order valence-corrected chi connectivity index (χ0v) is 18.0. The number of fused-ring (bicyclic) bond motifs is 1. The predicted molar refractivity (Wildman–Crippen MR) is 116 cm³/mol. The summed E-state index contributed by atoms with van der Waals surface area (Å²) in [5.41, 5.74) is 1.20. The molecule has 1 saturated carbocycles. The minimum Gasteiger partial charge on any atom is -0.387 e. The van der Waals surface area contributed by atoms with Gasteiger partial charge in [-0.05, 0) is 39.2 Å². The summed E-state index contributed by atoms with van der Waals surface area (Å²) in [6.07, 6.45) is 6.18. The molecule has 8 nitrogen and oxygen atoms in total. The Hall–Kier alpha value is -2.78. The van der Waals surface area contributed by atoms with Crippen LogP contribution in [-0.2, 0) is 0 Å². The first-order chi connectivity index (χ1) is 14.7. The molecule has 0 aliphatic heterocycles. The number of alkyl halides is 1. The van der Waals surface area contributed by atoms with Crippen molar-refractivity contribution in [1.29, 1.82) is 0 Å². The van der Waals surface area contributed by atoms with Crippen molar-refractivity contribution in [1.82, 2.24) is 24.9 Å². The zero-order chi connectivity index (χ0) is 22.2. The van der Waals surface area contributed by atoms with E-state index < -0.39 is 17.7 Å². The highest BCUT2D eigenvalue weighted by atomic mass is 35.5. The quantitative estimate of drug-likeness (QED) is 0.514. The lowest BCUT2D eigenvalue weighted by Crippen LogP contribution is -2.42. The molecule has 0 bridgehead atoms. The number of hydrogen-bond donors (Lipinski definition) is 3. The third-order valence-corrected chi connectivity index (χ3v) is 5.62. The fraction of sp³-hybridized carbons (Fsp3) is 0.429. The van der Waals surface area contributed by atoms with Crippen molar-refractivity contribution < 1.29 is 14.3 Å². The topological polar surface area (TPSA) is 104 Å². The summed E-state index contributed by atoms with van der Waals surface area (Å²) in [5, 5.41) is 20.5. The molecule has 0 saturated heterocycles. The van der Waals surface area contributed by atoms with Crippen LogP contribution in [0.15, 0.2) is 30.7 Å². The Morgan fingerprint density at radius 1 is 1.32 bits per heavy atom. The zero-order valence-electron chi connectivity index (χ0n) is 17.3. The summed E-state index contributed by atoms with van der Waals surface area (Å²) in [7, 11) is 0. The van der Waals surface area contributed by atoms with E-state index in [1.807, 2.05) is 0 Å². The van der Waals surface area contributed by atoms with Crippen molar-refractivity contribution in [2.75, 3.05) is 11.9 Å². The van der Waals surface area contributed by atoms with Crippen molar-refractivity contribution in [3.05, 3.63) is 41.3 Å². The number of nitrogens with one attached hydrogen (secondary N) is 2. The number of halogens is 2. The van der Waals surface area contributed by atoms with Crippen molar-refractivity contribution in [2.24, 2.45) is 0 Å². The lowest BCUT2D eigenvalue weighted by atomic mass is 9.92. The van der Waals surface area contributed by atoms with Crippen LogP contribution in [0.3, 0.4) is 0 Å². The molecule has 0 radical (unpaired) electrons. The van der Waals surface area contributed by atoms with Gasteiger partial charge in [0, 0.05) is 18.3 Å². The third kappa shape index (κ3) is 4.62. The maximum atomic E-state index is 14.1. The Morgan fingerprint density at radius 3 is 2.77 bits per heavy atom. The Morgan fingerprint density at radius 2 is 2.10 bits per heavy atom. The number of nitrogens with zero attached hydrogens (tertiary/aromatic N) is 4. The molecule has 31 heavy (non-hydrogen) atoms. The Kier molecular flexibility index (Phi) is 5.81. The largest absolute Gasteiger partial charge is 0.387 e. The van der Waals surface area contributed by atoms with Gasteiger partial charge in [0.15, 0.2) is 5.65 Å². The minimum atomic E-state index is -1.59. The van der Waals surface area contributed by atoms with E-state index in [1.165, 1.54) is 26.2 Å². The van der Waals surface area contributed by atoms with Crippen LogP contribution in [0.25, 0.3) is 17.0 Å². The average Bonchev–Trinajstić information content (AvgIpc) is 3.10. The van der Waals surface area contributed by atoms with Crippen molar-refractivity contribution in [2.45, 2.75) is 50.9 Å². The first kappa shape index (κ1) is 21.5. The number of pyridine rings is 1. The lowest BCUT2D eigenvalue weighted by molar-refractivity contribution is -0.00177. The third-order valence-electron chi connectivity index (χ3n) is 5.41. The molecule has 1 fully saturated rings. The highest BCUT2D eigenvalue weighted by molar-refractivity contribution is 6.30. The summed E-state index contributed by atoms with van der Waals surface area (Å²) < 4.78 is 15.7. The van der Waals surface area contributed by atoms with Crippen LogP contribution in [0.4, 0.5) is 10.1 Å². The molecule has 164 valence electrons. The average molecular weight is 447 g/mol. The highest BCUT2D eigenvalue weighted by Crippen LogP contribution is 2.29. The molecule has 1 aliphatic carbocycles. The second-order valence-corrected chi connectivity index (χ2v) is 8.74. The molecular formula is C21H24ClFN6O2. The smallest absolute Gasteiger partial charge is 0.255 e. The number of imidazole rings is 1. The van der Waals surface area contributed by atoms with E-state index in [9.17, 15) is 14.3 Å². The van der Waals surface area contributed by atoms with Gasteiger partial charge >= 0.3 is 0 Å². The molecule has 1 aliphatic rings. The van der Waals surface area contributed by atoms with Crippen molar-refractivity contribution in [3.63, 3.8) is 0 Å². The number of amides is 1. The molecule has 0 aromatic carbocycles. The highest BCUT2D eigenvalue weighted by Gasteiger charge is 2.28. The number of carbonyl (C=O) groups excluding carboxylic acids is 1. The van der Waals surface area contributed by atoms with Crippen LogP contribution >= 0.6 is 11.6 Å². The van der Waals surface area contributed by atoms with Crippen LogP contribution in [0, 0.1) is 0 Å². The summed E-state index contributed by atoms with van der Waals surface area (Å²) in [5.74, 6) is -0.462. The Labute approximate surface area is 183 Å². The van der Waals surface area contributed by atoms with Crippen LogP contribution < -0.4 is 10.6 Å². The van der Waals surface area contributed by atoms with Gasteiger partial charge in [-0.1, -0.05) is 11.6 Å². The van der Waals surface area contributed by atoms with Gasteiger partial charge in [-0.3, -0.25) is 9.78 Å². The molecule has 3 N–H and O–H groups in total. The molecule has 4 rings (SSSR count). The van der Waals surface area contributed by atoms with Gasteiger partial charge < -0.3 is 15.7 Å². The van der Waals surface area contributed by atoms with Gasteiger partial charge in [-0.25, -0.2) is 13.9 Å². The fourth-order valence-corrected chi connectivity index (χ4v) is 3.36. The molecule has 3 heterocycles. The monoisotopic (exact) mass is 446 g/mol. The molecule has 0 spiro atoms. The Balaban J connectivity index is 1.63. The molecule has 0 unspecified atom stereocenters. The van der Waals surface area contributed by atoms with E-state index in [-0.39, 0.29) is 12.6 Å². The standard InChI is InChI=1S/C21H24ClFN6O2/c1-21(2,31)18(23)11-26-20(30)14-9-24-16(7-15(14)28-13-4-3-5-13)17-10-25-19-6-12(22)8-27-29(17)19/h6-10,13,18,31H,3-5,11H2,1-2H3,(H,24,28)(H,26,30)/t18-/m1/s1. The molecule has 1 amide bonds. The molecule has 1 atom stereocenters. The number of aromatic nitrogens is 4. The summed E-state index contributed by atoms with van der Waals surface area (Å²) in [6.45, 7) is 2.42. The number of anilines is 1. The van der Waals surface area contributed by atoms with Crippen LogP contribution in [-0.4, -0.2) is 55.0 Å². The number of carbonyl (C=O) groups is 1. The van der Waals surface area contributed by atoms with Crippen LogP contribution in [0.5, 0.6) is 0 Å². The van der Waals surface area contributed by atoms with Crippen LogP contribution in [0.2, 0.25) is 5.02 Å². The first-order valence-corrected chi connectivity index (χ1v) is 10.5. The maximum Gasteiger partial charge on any atom is 0.255 e. The summed E-state index contributed by atoms with van der Waals surface area (Å²) >= 11 is 5.99. The van der Waals surface area contributed by atoms with Crippen molar-refractivity contribution >= 4 is 28.8 Å². The van der Waals surface area contributed by atoms with Gasteiger partial charge in [-0.15, -0.1) is 0 Å². The van der Waals surface area contributed by atoms with E-state index in [0.29, 0.717) is 33.3 Å². The summed E-state index contributed by atoms with van der Waals surface area (Å²) in [4.78, 5) is 21.5. The minimum absolute atomic E-state index is 0.270. The second-order valence-electron chi connectivity index (χ2n) is 8.31. The van der Waals surface area contributed by atoms with E-state index >= 15 is 0 Å². The Bertz CT molecular complexity index is 1110. The van der Waals surface area contributed by atoms with Crippen LogP contribution in [0.1, 0.15) is 43.5 Å². The van der Waals surface area contributed by atoms with E-state index in [2.05, 4.69) is 25.7 Å². The van der Waals surface area contributed by atoms with Gasteiger partial charge in [0.05, 0.1) is 46.5 Å². The SMILES string of the molecule is CC(C)(O)[C@H](F)CNC(=O)c1cnc(-c2cnc3cc(Cl)cnn23)cc1NC1CCC1. The number of hydrogen-bond acceptors (Lipinski definition) is 6. The van der Waals surface area contributed by atoms with Gasteiger partial charge in [0.25, 0.3) is 5.91 Å². The molecule has 3 aromatic rings. The van der Waals surface area contributed by atoms with Gasteiger partial charge in [0.2, 0.25) is 0 Å². The van der Waals surface area contributed by atoms with Gasteiger partial charge in [0.1, 0.15) is 11.9 Å². The fourth-order valence-electron chi connectivity index (χ4n) is 3.22. The normalized spacial score (nSPS) is 15.5.